The summed E-state index contributed by atoms with van der Waals surface area (Å²) in [5, 5.41) is 3.64. The maximum absolute atomic E-state index is 12.7. The molecule has 5 rings (SSSR count). The van der Waals surface area contributed by atoms with Crippen LogP contribution in [0, 0.1) is 5.92 Å². The summed E-state index contributed by atoms with van der Waals surface area (Å²) in [7, 11) is -2.58. The van der Waals surface area contributed by atoms with E-state index >= 15 is 0 Å². The summed E-state index contributed by atoms with van der Waals surface area (Å²) < 4.78 is 10.6. The third-order valence-electron chi connectivity index (χ3n) is 7.50. The van der Waals surface area contributed by atoms with Gasteiger partial charge in [-0.05, 0) is 39.9 Å². The Hall–Kier alpha value is -2.47. The Kier molecular flexibility index (Phi) is 6.84. The topological polar surface area (TPSA) is 31.2 Å². The van der Waals surface area contributed by atoms with Crippen molar-refractivity contribution in [3.8, 4) is 0 Å². The first-order valence-electron chi connectivity index (χ1n) is 12.8. The molecule has 1 heterocycles. The van der Waals surface area contributed by atoms with Gasteiger partial charge in [-0.25, -0.2) is 0 Å². The Bertz CT molecular complexity index is 1350. The standard InChI is InChI=1S/C31H34BrNO2Si/c1-22(20-33-27-17-18-29(34)30(27)26-16-15-23(32)19-28(26)33)21-35-36(31(2,3)4,24-11-7-5-8-12-24)25-13-9-6-10-14-25/h5-16,19,22H,17-18,20-21H2,1-4H3/t22-/m0/s1. The smallest absolute Gasteiger partial charge is 0.261 e. The number of benzene rings is 3. The molecule has 1 atom stereocenters. The number of fused-ring (bicyclic) bond motifs is 3. The Morgan fingerprint density at radius 3 is 2.14 bits per heavy atom. The second-order valence-electron chi connectivity index (χ2n) is 11.1. The van der Waals surface area contributed by atoms with Crippen molar-refractivity contribution in [1.82, 2.24) is 4.57 Å². The molecular weight excluding hydrogens is 526 g/mol. The van der Waals surface area contributed by atoms with E-state index in [0.29, 0.717) is 13.0 Å². The van der Waals surface area contributed by atoms with E-state index in [1.54, 1.807) is 0 Å². The van der Waals surface area contributed by atoms with Crippen LogP contribution in [0.2, 0.25) is 5.04 Å². The zero-order valence-electron chi connectivity index (χ0n) is 21.6. The molecule has 0 N–H and O–H groups in total. The van der Waals surface area contributed by atoms with Crippen LogP contribution in [0.4, 0.5) is 0 Å². The third-order valence-corrected chi connectivity index (χ3v) is 13.0. The van der Waals surface area contributed by atoms with Crippen LogP contribution in [0.5, 0.6) is 0 Å². The van der Waals surface area contributed by atoms with Gasteiger partial charge < -0.3 is 8.99 Å². The van der Waals surface area contributed by atoms with Gasteiger partial charge in [0, 0.05) is 40.7 Å². The van der Waals surface area contributed by atoms with Crippen molar-refractivity contribution in [2.75, 3.05) is 6.61 Å². The predicted octanol–water partition coefficient (Wildman–Crippen LogP) is 6.75. The van der Waals surface area contributed by atoms with E-state index in [1.807, 2.05) is 6.07 Å². The number of Topliss-reactive ketones (excluding diaryl/α,β-unsaturated/α-hetero) is 1. The lowest BCUT2D eigenvalue weighted by Gasteiger charge is -2.43. The fourth-order valence-electron chi connectivity index (χ4n) is 5.91. The maximum atomic E-state index is 12.7. The highest BCUT2D eigenvalue weighted by Crippen LogP contribution is 2.38. The fourth-order valence-corrected chi connectivity index (χ4v) is 10.9. The third kappa shape index (κ3) is 4.31. The second kappa shape index (κ2) is 9.77. The number of rotatable bonds is 7. The van der Waals surface area contributed by atoms with Gasteiger partial charge in [-0.1, -0.05) is 110 Å². The average Bonchev–Trinajstić information content (AvgIpc) is 3.38. The molecule has 0 fully saturated rings. The summed E-state index contributed by atoms with van der Waals surface area (Å²) in [6.45, 7) is 10.7. The lowest BCUT2D eigenvalue weighted by Crippen LogP contribution is -2.66. The van der Waals surface area contributed by atoms with E-state index in [4.69, 9.17) is 4.43 Å². The molecule has 3 nitrogen and oxygen atoms in total. The molecule has 0 saturated carbocycles. The summed E-state index contributed by atoms with van der Waals surface area (Å²) in [4.78, 5) is 12.7. The SMILES string of the molecule is C[C@H](CO[Si](c1ccccc1)(c1ccccc1)C(C)(C)C)Cn1c2c(c3ccc(Br)cc31)C(=O)CC2. The highest BCUT2D eigenvalue weighted by molar-refractivity contribution is 9.10. The minimum atomic E-state index is -2.58. The molecule has 3 aromatic carbocycles. The Balaban J connectivity index is 1.50. The lowest BCUT2D eigenvalue weighted by atomic mass is 10.1. The number of hydrogen-bond donors (Lipinski definition) is 0. The fraction of sp³-hybridized carbons (Fsp3) is 0.323. The van der Waals surface area contributed by atoms with Crippen LogP contribution in [-0.4, -0.2) is 25.3 Å². The number of carbonyl (C=O) groups excluding carboxylic acids is 1. The first kappa shape index (κ1) is 25.2. The van der Waals surface area contributed by atoms with Crippen LogP contribution in [0.1, 0.15) is 50.2 Å². The largest absolute Gasteiger partial charge is 0.407 e. The number of halogens is 1. The normalized spacial score (nSPS) is 14.9. The van der Waals surface area contributed by atoms with Crippen molar-refractivity contribution in [3.63, 3.8) is 0 Å². The second-order valence-corrected chi connectivity index (χ2v) is 16.3. The highest BCUT2D eigenvalue weighted by atomic mass is 79.9. The van der Waals surface area contributed by atoms with Gasteiger partial charge in [0.2, 0.25) is 0 Å². The molecule has 5 heteroatoms. The minimum Gasteiger partial charge on any atom is -0.407 e. The lowest BCUT2D eigenvalue weighted by molar-refractivity contribution is 0.0996. The first-order valence-corrected chi connectivity index (χ1v) is 15.5. The molecule has 1 aromatic heterocycles. The van der Waals surface area contributed by atoms with Gasteiger partial charge in [0.25, 0.3) is 8.32 Å². The molecule has 36 heavy (non-hydrogen) atoms. The number of ketones is 1. The van der Waals surface area contributed by atoms with Gasteiger partial charge in [-0.3, -0.25) is 4.79 Å². The van der Waals surface area contributed by atoms with E-state index in [2.05, 4.69) is 121 Å². The highest BCUT2D eigenvalue weighted by Gasteiger charge is 2.50. The van der Waals surface area contributed by atoms with E-state index < -0.39 is 8.32 Å². The van der Waals surface area contributed by atoms with E-state index in [1.165, 1.54) is 16.1 Å². The molecule has 1 aliphatic carbocycles. The first-order chi connectivity index (χ1) is 17.2. The molecule has 0 radical (unpaired) electrons. The van der Waals surface area contributed by atoms with E-state index in [-0.39, 0.29) is 16.7 Å². The molecule has 4 aromatic rings. The number of carbonyl (C=O) groups is 1. The van der Waals surface area contributed by atoms with Gasteiger partial charge in [0.05, 0.1) is 5.52 Å². The zero-order chi connectivity index (χ0) is 25.5. The summed E-state index contributed by atoms with van der Waals surface area (Å²) in [6, 6.07) is 27.9. The molecule has 0 spiro atoms. The quantitative estimate of drug-likeness (QED) is 0.234. The summed E-state index contributed by atoms with van der Waals surface area (Å²) >= 11 is 3.63. The molecule has 186 valence electrons. The van der Waals surface area contributed by atoms with Gasteiger partial charge in [-0.2, -0.15) is 0 Å². The average molecular weight is 561 g/mol. The number of hydrogen-bond acceptors (Lipinski definition) is 2. The van der Waals surface area contributed by atoms with Crippen LogP contribution in [0.3, 0.4) is 0 Å². The van der Waals surface area contributed by atoms with E-state index in [9.17, 15) is 4.79 Å². The van der Waals surface area contributed by atoms with Crippen LogP contribution < -0.4 is 10.4 Å². The molecule has 0 amide bonds. The molecule has 0 aliphatic heterocycles. The van der Waals surface area contributed by atoms with Gasteiger partial charge in [-0.15, -0.1) is 0 Å². The molecule has 0 saturated heterocycles. The summed E-state index contributed by atoms with van der Waals surface area (Å²) in [5.41, 5.74) is 3.25. The van der Waals surface area contributed by atoms with Gasteiger partial charge >= 0.3 is 0 Å². The van der Waals surface area contributed by atoms with Crippen molar-refractivity contribution < 1.29 is 9.22 Å². The van der Waals surface area contributed by atoms with Crippen LogP contribution in [0.25, 0.3) is 10.9 Å². The maximum Gasteiger partial charge on any atom is 0.261 e. The molecule has 0 unspecified atom stereocenters. The summed E-state index contributed by atoms with van der Waals surface area (Å²) in [5.74, 6) is 0.549. The Labute approximate surface area is 223 Å². The summed E-state index contributed by atoms with van der Waals surface area (Å²) in [6.07, 6.45) is 1.44. The molecule has 1 aliphatic rings. The Morgan fingerprint density at radius 1 is 0.944 bits per heavy atom. The number of nitrogens with zero attached hydrogens (tertiary/aromatic N) is 1. The van der Waals surface area contributed by atoms with Crippen molar-refractivity contribution in [2.24, 2.45) is 5.92 Å². The van der Waals surface area contributed by atoms with Crippen LogP contribution in [-0.2, 0) is 17.4 Å². The van der Waals surface area contributed by atoms with E-state index in [0.717, 1.165) is 33.9 Å². The van der Waals surface area contributed by atoms with Crippen molar-refractivity contribution in [1.29, 1.82) is 0 Å². The van der Waals surface area contributed by atoms with Crippen molar-refractivity contribution in [3.05, 3.63) is 94.6 Å². The van der Waals surface area contributed by atoms with Crippen LogP contribution >= 0.6 is 15.9 Å². The molecule has 0 bridgehead atoms. The molecular formula is C31H34BrNO2Si. The van der Waals surface area contributed by atoms with Gasteiger partial charge in [0.15, 0.2) is 5.78 Å². The van der Waals surface area contributed by atoms with Crippen molar-refractivity contribution in [2.45, 2.75) is 52.1 Å². The zero-order valence-corrected chi connectivity index (χ0v) is 24.1. The predicted molar refractivity (Wildman–Crippen MR) is 155 cm³/mol. The minimum absolute atomic E-state index is 0.0475. The number of aromatic nitrogens is 1. The van der Waals surface area contributed by atoms with Gasteiger partial charge in [0.1, 0.15) is 0 Å². The Morgan fingerprint density at radius 2 is 1.56 bits per heavy atom. The van der Waals surface area contributed by atoms with Crippen LogP contribution in [0.15, 0.2) is 83.3 Å². The van der Waals surface area contributed by atoms with Crippen molar-refractivity contribution >= 4 is 51.3 Å². The monoisotopic (exact) mass is 559 g/mol.